The van der Waals surface area contributed by atoms with Gasteiger partial charge in [-0.25, -0.2) is 5.43 Å². The van der Waals surface area contributed by atoms with Gasteiger partial charge in [-0.2, -0.15) is 5.10 Å². The zero-order valence-electron chi connectivity index (χ0n) is 16.9. The van der Waals surface area contributed by atoms with Gasteiger partial charge in [0.1, 0.15) is 0 Å². The van der Waals surface area contributed by atoms with Crippen LogP contribution in [0.3, 0.4) is 0 Å². The first kappa shape index (κ1) is 22.0. The van der Waals surface area contributed by atoms with Crippen LogP contribution in [-0.2, 0) is 0 Å². The summed E-state index contributed by atoms with van der Waals surface area (Å²) >= 11 is 3.34. The number of amides is 2. The molecule has 0 aliphatic heterocycles. The first-order valence-corrected chi connectivity index (χ1v) is 10.0. The molecule has 0 aliphatic carbocycles. The molecule has 0 spiro atoms. The van der Waals surface area contributed by atoms with Gasteiger partial charge in [-0.15, -0.1) is 0 Å². The second kappa shape index (κ2) is 10.4. The Bertz CT molecular complexity index is 1130. The molecule has 0 aliphatic rings. The van der Waals surface area contributed by atoms with Gasteiger partial charge >= 0.3 is 0 Å². The lowest BCUT2D eigenvalue weighted by Gasteiger charge is -2.08. The minimum Gasteiger partial charge on any atom is -0.493 e. The maximum absolute atomic E-state index is 12.4. The summed E-state index contributed by atoms with van der Waals surface area (Å²) in [5, 5.41) is 6.77. The van der Waals surface area contributed by atoms with E-state index in [0.29, 0.717) is 28.3 Å². The fraction of sp³-hybridized carbons (Fsp3) is 0.0870. The minimum absolute atomic E-state index is 0.273. The molecule has 2 amide bonds. The molecule has 0 heterocycles. The van der Waals surface area contributed by atoms with E-state index in [0.717, 1.165) is 10.0 Å². The van der Waals surface area contributed by atoms with Crippen molar-refractivity contribution in [3.8, 4) is 11.5 Å². The number of halogens is 1. The Kier molecular flexibility index (Phi) is 7.40. The van der Waals surface area contributed by atoms with E-state index in [1.165, 1.54) is 6.21 Å². The predicted molar refractivity (Wildman–Crippen MR) is 123 cm³/mol. The SMILES string of the molecule is COc1ccc(C=NNC(=O)c2cccc(NC(=O)c3cccc(Br)c3)c2)cc1OC. The van der Waals surface area contributed by atoms with Crippen molar-refractivity contribution in [2.75, 3.05) is 19.5 Å². The molecule has 0 radical (unpaired) electrons. The van der Waals surface area contributed by atoms with E-state index in [2.05, 4.69) is 31.8 Å². The van der Waals surface area contributed by atoms with E-state index in [1.807, 2.05) is 6.07 Å². The summed E-state index contributed by atoms with van der Waals surface area (Å²) in [4.78, 5) is 24.8. The molecule has 3 aromatic rings. The van der Waals surface area contributed by atoms with Crippen LogP contribution in [0.15, 0.2) is 76.3 Å². The third-order valence-electron chi connectivity index (χ3n) is 4.26. The average molecular weight is 482 g/mol. The number of hydrogen-bond acceptors (Lipinski definition) is 5. The van der Waals surface area contributed by atoms with Gasteiger partial charge in [-0.05, 0) is 60.2 Å². The van der Waals surface area contributed by atoms with Crippen LogP contribution in [0.5, 0.6) is 11.5 Å². The zero-order chi connectivity index (χ0) is 22.2. The van der Waals surface area contributed by atoms with Crippen molar-refractivity contribution in [3.63, 3.8) is 0 Å². The van der Waals surface area contributed by atoms with Crippen LogP contribution in [0.4, 0.5) is 5.69 Å². The number of methoxy groups -OCH3 is 2. The molecule has 3 rings (SSSR count). The molecule has 158 valence electrons. The number of rotatable bonds is 7. The van der Waals surface area contributed by atoms with Crippen LogP contribution in [0.25, 0.3) is 0 Å². The summed E-state index contributed by atoms with van der Waals surface area (Å²) in [5.74, 6) is 0.484. The van der Waals surface area contributed by atoms with Crippen molar-refractivity contribution >= 4 is 39.6 Å². The molecule has 0 bridgehead atoms. The summed E-state index contributed by atoms with van der Waals surface area (Å²) in [6, 6.07) is 18.9. The largest absolute Gasteiger partial charge is 0.493 e. The third-order valence-corrected chi connectivity index (χ3v) is 4.75. The van der Waals surface area contributed by atoms with Crippen molar-refractivity contribution < 1.29 is 19.1 Å². The Hall–Kier alpha value is -3.65. The number of anilines is 1. The molecule has 0 fully saturated rings. The normalized spacial score (nSPS) is 10.5. The molecule has 7 nitrogen and oxygen atoms in total. The topological polar surface area (TPSA) is 89.0 Å². The van der Waals surface area contributed by atoms with Crippen LogP contribution < -0.4 is 20.2 Å². The van der Waals surface area contributed by atoms with Gasteiger partial charge in [-0.1, -0.05) is 28.1 Å². The number of hydrazone groups is 1. The van der Waals surface area contributed by atoms with Gasteiger partial charge < -0.3 is 14.8 Å². The summed E-state index contributed by atoms with van der Waals surface area (Å²) in [6.07, 6.45) is 1.50. The van der Waals surface area contributed by atoms with Crippen molar-refractivity contribution in [1.82, 2.24) is 5.43 Å². The molecule has 0 atom stereocenters. The molecule has 2 N–H and O–H groups in total. The molecule has 3 aromatic carbocycles. The van der Waals surface area contributed by atoms with Gasteiger partial charge in [0.25, 0.3) is 11.8 Å². The van der Waals surface area contributed by atoms with E-state index in [9.17, 15) is 9.59 Å². The Morgan fingerprint density at radius 3 is 2.29 bits per heavy atom. The van der Waals surface area contributed by atoms with Crippen molar-refractivity contribution in [2.24, 2.45) is 5.10 Å². The Morgan fingerprint density at radius 2 is 1.58 bits per heavy atom. The van der Waals surface area contributed by atoms with Crippen LogP contribution in [0, 0.1) is 0 Å². The second-order valence-corrected chi connectivity index (χ2v) is 7.27. The lowest BCUT2D eigenvalue weighted by Crippen LogP contribution is -2.18. The molecule has 0 unspecified atom stereocenters. The van der Waals surface area contributed by atoms with E-state index in [4.69, 9.17) is 9.47 Å². The summed E-state index contributed by atoms with van der Waals surface area (Å²) in [6.45, 7) is 0. The van der Waals surface area contributed by atoms with Gasteiger partial charge in [0.15, 0.2) is 11.5 Å². The number of nitrogens with zero attached hydrogens (tertiary/aromatic N) is 1. The van der Waals surface area contributed by atoms with E-state index in [1.54, 1.807) is 74.9 Å². The third kappa shape index (κ3) is 5.93. The Balaban J connectivity index is 1.65. The molecule has 8 heteroatoms. The predicted octanol–water partition coefficient (Wildman–Crippen LogP) is 4.48. The van der Waals surface area contributed by atoms with Crippen molar-refractivity contribution in [3.05, 3.63) is 87.9 Å². The van der Waals surface area contributed by atoms with Gasteiger partial charge in [0, 0.05) is 21.3 Å². The number of benzene rings is 3. The maximum Gasteiger partial charge on any atom is 0.271 e. The second-order valence-electron chi connectivity index (χ2n) is 6.36. The molecule has 0 saturated heterocycles. The number of carbonyl (C=O) groups excluding carboxylic acids is 2. The highest BCUT2D eigenvalue weighted by atomic mass is 79.9. The smallest absolute Gasteiger partial charge is 0.271 e. The van der Waals surface area contributed by atoms with Gasteiger partial charge in [-0.3, -0.25) is 9.59 Å². The quantitative estimate of drug-likeness (QED) is 0.384. The fourth-order valence-corrected chi connectivity index (χ4v) is 3.13. The highest BCUT2D eigenvalue weighted by molar-refractivity contribution is 9.10. The lowest BCUT2D eigenvalue weighted by molar-refractivity contribution is 0.0953. The van der Waals surface area contributed by atoms with Crippen LogP contribution in [-0.4, -0.2) is 32.2 Å². The summed E-state index contributed by atoms with van der Waals surface area (Å²) in [7, 11) is 3.10. The highest BCUT2D eigenvalue weighted by Crippen LogP contribution is 2.26. The zero-order valence-corrected chi connectivity index (χ0v) is 18.5. The number of hydrogen-bond donors (Lipinski definition) is 2. The molecule has 31 heavy (non-hydrogen) atoms. The van der Waals surface area contributed by atoms with Gasteiger partial charge in [0.05, 0.1) is 20.4 Å². The molecular weight excluding hydrogens is 462 g/mol. The summed E-state index contributed by atoms with van der Waals surface area (Å²) < 4.78 is 11.2. The standard InChI is InChI=1S/C23H20BrN3O4/c1-30-20-10-9-15(11-21(20)31-2)14-25-27-23(29)17-6-4-8-19(13-17)26-22(28)16-5-3-7-18(24)12-16/h3-14H,1-2H3,(H,26,28)(H,27,29). The monoisotopic (exact) mass is 481 g/mol. The minimum atomic E-state index is -0.407. The lowest BCUT2D eigenvalue weighted by atomic mass is 10.1. The van der Waals surface area contributed by atoms with E-state index >= 15 is 0 Å². The Labute approximate surface area is 188 Å². The molecule has 0 saturated carbocycles. The fourth-order valence-electron chi connectivity index (χ4n) is 2.73. The number of nitrogens with one attached hydrogen (secondary N) is 2. The van der Waals surface area contributed by atoms with Crippen molar-refractivity contribution in [1.29, 1.82) is 0 Å². The van der Waals surface area contributed by atoms with Gasteiger partial charge in [0.2, 0.25) is 0 Å². The average Bonchev–Trinajstić information content (AvgIpc) is 2.79. The summed E-state index contributed by atoms with van der Waals surface area (Å²) in [5.41, 5.74) is 4.57. The number of ether oxygens (including phenoxy) is 2. The Morgan fingerprint density at radius 1 is 0.871 bits per heavy atom. The van der Waals surface area contributed by atoms with Crippen LogP contribution >= 0.6 is 15.9 Å². The van der Waals surface area contributed by atoms with Crippen molar-refractivity contribution in [2.45, 2.75) is 0 Å². The molecule has 0 aromatic heterocycles. The van der Waals surface area contributed by atoms with E-state index in [-0.39, 0.29) is 5.91 Å². The first-order valence-electron chi connectivity index (χ1n) is 9.22. The maximum atomic E-state index is 12.4. The molecular formula is C23H20BrN3O4. The number of carbonyl (C=O) groups is 2. The van der Waals surface area contributed by atoms with E-state index < -0.39 is 5.91 Å². The first-order chi connectivity index (χ1) is 15.0. The highest BCUT2D eigenvalue weighted by Gasteiger charge is 2.09. The van der Waals surface area contributed by atoms with Crippen LogP contribution in [0.1, 0.15) is 26.3 Å². The van der Waals surface area contributed by atoms with Crippen LogP contribution in [0.2, 0.25) is 0 Å².